The maximum absolute atomic E-state index is 12.3. The summed E-state index contributed by atoms with van der Waals surface area (Å²) in [4.78, 5) is 14.1. The third kappa shape index (κ3) is 3.25. The predicted molar refractivity (Wildman–Crippen MR) is 94.7 cm³/mol. The van der Waals surface area contributed by atoms with Crippen LogP contribution in [0.2, 0.25) is 0 Å². The number of carbonyl (C=O) groups is 1. The van der Waals surface area contributed by atoms with Crippen LogP contribution in [-0.2, 0) is 17.6 Å². The Morgan fingerprint density at radius 2 is 2.24 bits per heavy atom. The number of fused-ring (bicyclic) bond motifs is 3. The molecule has 1 aliphatic heterocycles. The molecule has 1 aliphatic carbocycles. The summed E-state index contributed by atoms with van der Waals surface area (Å²) in [6.07, 6.45) is 4.94. The lowest BCUT2D eigenvalue weighted by molar-refractivity contribution is -0.132. The number of hydrogen-bond acceptors (Lipinski definition) is 4. The van der Waals surface area contributed by atoms with Crippen LogP contribution in [0.1, 0.15) is 37.5 Å². The number of ether oxygens (including phenoxy) is 1. The number of nitrogens with zero attached hydrogens (tertiary/aromatic N) is 1. The van der Waals surface area contributed by atoms with Crippen molar-refractivity contribution in [2.75, 3.05) is 19.7 Å². The zero-order chi connectivity index (χ0) is 17.4. The maximum atomic E-state index is 12.3. The van der Waals surface area contributed by atoms with Gasteiger partial charge in [-0.3, -0.25) is 4.79 Å². The van der Waals surface area contributed by atoms with E-state index in [1.165, 1.54) is 18.4 Å². The lowest BCUT2D eigenvalue weighted by atomic mass is 9.96. The summed E-state index contributed by atoms with van der Waals surface area (Å²) in [5.41, 5.74) is 2.21. The average Bonchev–Trinajstić information content (AvgIpc) is 3.24. The van der Waals surface area contributed by atoms with Crippen molar-refractivity contribution in [1.82, 2.24) is 4.90 Å². The monoisotopic (exact) mass is 343 g/mol. The summed E-state index contributed by atoms with van der Waals surface area (Å²) in [6, 6.07) is 5.80. The Kier molecular flexibility index (Phi) is 4.42. The molecule has 0 bridgehead atoms. The summed E-state index contributed by atoms with van der Waals surface area (Å²) in [7, 11) is 0. The minimum Gasteiger partial charge on any atom is -0.484 e. The molecule has 2 aromatic rings. The highest BCUT2D eigenvalue weighted by molar-refractivity contribution is 5.84. The van der Waals surface area contributed by atoms with Gasteiger partial charge in [-0.15, -0.1) is 0 Å². The fourth-order valence-corrected chi connectivity index (χ4v) is 3.98. The van der Waals surface area contributed by atoms with E-state index in [1.807, 2.05) is 18.2 Å². The van der Waals surface area contributed by atoms with E-state index in [4.69, 9.17) is 9.15 Å². The Morgan fingerprint density at radius 1 is 1.40 bits per heavy atom. The van der Waals surface area contributed by atoms with Gasteiger partial charge in [-0.1, -0.05) is 0 Å². The van der Waals surface area contributed by atoms with Crippen molar-refractivity contribution >= 4 is 16.9 Å². The van der Waals surface area contributed by atoms with Gasteiger partial charge < -0.3 is 19.2 Å². The normalized spacial score (nSPS) is 21.4. The second-order valence-corrected chi connectivity index (χ2v) is 7.29. The van der Waals surface area contributed by atoms with Crippen molar-refractivity contribution in [1.29, 1.82) is 0 Å². The van der Waals surface area contributed by atoms with E-state index < -0.39 is 0 Å². The van der Waals surface area contributed by atoms with Gasteiger partial charge in [0.15, 0.2) is 6.61 Å². The van der Waals surface area contributed by atoms with Crippen molar-refractivity contribution in [2.45, 2.75) is 45.1 Å². The molecule has 2 atom stereocenters. The Balaban J connectivity index is 1.42. The van der Waals surface area contributed by atoms with Crippen molar-refractivity contribution in [2.24, 2.45) is 5.92 Å². The number of amides is 1. The molecule has 2 aliphatic rings. The quantitative estimate of drug-likeness (QED) is 0.927. The van der Waals surface area contributed by atoms with Crippen LogP contribution in [0.4, 0.5) is 0 Å². The molecule has 0 saturated carbocycles. The Morgan fingerprint density at radius 3 is 3.04 bits per heavy atom. The Bertz CT molecular complexity index is 779. The minimum atomic E-state index is -0.367. The van der Waals surface area contributed by atoms with Gasteiger partial charge in [0, 0.05) is 36.4 Å². The highest BCUT2D eigenvalue weighted by atomic mass is 16.5. The lowest BCUT2D eigenvalue weighted by Crippen LogP contribution is -2.34. The molecule has 1 aromatic heterocycles. The second kappa shape index (κ2) is 6.71. The Hall–Kier alpha value is -2.01. The molecule has 1 aromatic carbocycles. The van der Waals surface area contributed by atoms with Crippen LogP contribution in [0.5, 0.6) is 5.75 Å². The molecule has 0 radical (unpaired) electrons. The molecular formula is C20H25NO4. The molecule has 0 spiro atoms. The van der Waals surface area contributed by atoms with Crippen LogP contribution < -0.4 is 4.74 Å². The van der Waals surface area contributed by atoms with Crippen molar-refractivity contribution in [3.8, 4) is 5.75 Å². The maximum Gasteiger partial charge on any atom is 0.260 e. The molecule has 134 valence electrons. The minimum absolute atomic E-state index is 0.0162. The van der Waals surface area contributed by atoms with E-state index in [1.54, 1.807) is 11.8 Å². The number of rotatable bonds is 4. The first kappa shape index (κ1) is 16.5. The van der Waals surface area contributed by atoms with Crippen LogP contribution >= 0.6 is 0 Å². The fourth-order valence-electron chi connectivity index (χ4n) is 3.98. The van der Waals surface area contributed by atoms with E-state index in [0.29, 0.717) is 18.8 Å². The summed E-state index contributed by atoms with van der Waals surface area (Å²) < 4.78 is 11.7. The van der Waals surface area contributed by atoms with E-state index in [-0.39, 0.29) is 24.5 Å². The zero-order valence-corrected chi connectivity index (χ0v) is 14.7. The SMILES string of the molecule is CC(O)C1CCN(C(=O)COc2ccc3oc4c(c3c2)CCCC4)C1. The molecule has 2 heterocycles. The standard InChI is InChI=1S/C20H25NO4/c1-13(22)14-8-9-21(11-14)20(23)12-24-15-6-7-19-17(10-15)16-4-2-3-5-18(16)25-19/h6-7,10,13-14,22H,2-5,8-9,11-12H2,1H3. The number of aryl methyl sites for hydroxylation is 2. The molecule has 25 heavy (non-hydrogen) atoms. The van der Waals surface area contributed by atoms with E-state index >= 15 is 0 Å². The number of benzene rings is 1. The Labute approximate surface area is 147 Å². The molecule has 1 N–H and O–H groups in total. The molecule has 4 rings (SSSR count). The average molecular weight is 343 g/mol. The molecule has 1 fully saturated rings. The number of aliphatic hydroxyl groups excluding tert-OH is 1. The molecule has 1 amide bonds. The first-order valence-electron chi connectivity index (χ1n) is 9.25. The van der Waals surface area contributed by atoms with Gasteiger partial charge in [-0.25, -0.2) is 0 Å². The molecular weight excluding hydrogens is 318 g/mol. The van der Waals surface area contributed by atoms with Gasteiger partial charge in [0.2, 0.25) is 0 Å². The van der Waals surface area contributed by atoms with Crippen LogP contribution in [0.3, 0.4) is 0 Å². The fraction of sp³-hybridized carbons (Fsp3) is 0.550. The van der Waals surface area contributed by atoms with Gasteiger partial charge in [-0.05, 0) is 50.8 Å². The highest BCUT2D eigenvalue weighted by Crippen LogP contribution is 2.34. The van der Waals surface area contributed by atoms with E-state index in [0.717, 1.165) is 36.0 Å². The van der Waals surface area contributed by atoms with Crippen molar-refractivity contribution in [3.05, 3.63) is 29.5 Å². The van der Waals surface area contributed by atoms with Crippen molar-refractivity contribution < 1.29 is 19.1 Å². The summed E-state index contributed by atoms with van der Waals surface area (Å²) in [6.45, 7) is 3.15. The number of likely N-dealkylation sites (tertiary alicyclic amines) is 1. The van der Waals surface area contributed by atoms with E-state index in [2.05, 4.69) is 0 Å². The first-order valence-corrected chi connectivity index (χ1v) is 9.25. The molecule has 2 unspecified atom stereocenters. The molecule has 1 saturated heterocycles. The van der Waals surface area contributed by atoms with Crippen LogP contribution in [0.15, 0.2) is 22.6 Å². The van der Waals surface area contributed by atoms with Gasteiger partial charge in [0.1, 0.15) is 17.1 Å². The largest absolute Gasteiger partial charge is 0.484 e. The second-order valence-electron chi connectivity index (χ2n) is 7.29. The number of carbonyl (C=O) groups excluding carboxylic acids is 1. The van der Waals surface area contributed by atoms with E-state index in [9.17, 15) is 9.90 Å². The predicted octanol–water partition coefficient (Wildman–Crippen LogP) is 2.92. The van der Waals surface area contributed by atoms with Crippen LogP contribution in [0.25, 0.3) is 11.0 Å². The number of aliphatic hydroxyl groups is 1. The van der Waals surface area contributed by atoms with Gasteiger partial charge in [0.25, 0.3) is 5.91 Å². The highest BCUT2D eigenvalue weighted by Gasteiger charge is 2.29. The third-order valence-corrected chi connectivity index (χ3v) is 5.55. The summed E-state index contributed by atoms with van der Waals surface area (Å²) >= 11 is 0. The van der Waals surface area contributed by atoms with Crippen LogP contribution in [-0.4, -0.2) is 41.7 Å². The topological polar surface area (TPSA) is 62.9 Å². The lowest BCUT2D eigenvalue weighted by Gasteiger charge is -2.18. The number of hydrogen-bond donors (Lipinski definition) is 1. The zero-order valence-electron chi connectivity index (χ0n) is 14.7. The first-order chi connectivity index (χ1) is 12.1. The van der Waals surface area contributed by atoms with Crippen LogP contribution in [0, 0.1) is 5.92 Å². The van der Waals surface area contributed by atoms with Crippen molar-refractivity contribution in [3.63, 3.8) is 0 Å². The summed E-state index contributed by atoms with van der Waals surface area (Å²) in [5, 5.41) is 10.8. The third-order valence-electron chi connectivity index (χ3n) is 5.55. The van der Waals surface area contributed by atoms with Gasteiger partial charge in [-0.2, -0.15) is 0 Å². The summed E-state index contributed by atoms with van der Waals surface area (Å²) in [5.74, 6) is 1.98. The molecule has 5 heteroatoms. The van der Waals surface area contributed by atoms with Gasteiger partial charge >= 0.3 is 0 Å². The van der Waals surface area contributed by atoms with Gasteiger partial charge in [0.05, 0.1) is 6.10 Å². The number of furan rings is 1. The molecule has 5 nitrogen and oxygen atoms in total. The smallest absolute Gasteiger partial charge is 0.260 e.